The maximum Gasteiger partial charge on any atom is 0.243 e. The number of carbonyl (C=O) groups excluding carboxylic acids is 1. The van der Waals surface area contributed by atoms with E-state index in [0.29, 0.717) is 19.4 Å². The predicted octanol–water partition coefficient (Wildman–Crippen LogP) is 1.42. The van der Waals surface area contributed by atoms with E-state index in [1.807, 2.05) is 30.3 Å². The van der Waals surface area contributed by atoms with Gasteiger partial charge in [-0.25, -0.2) is 8.42 Å². The molecule has 2 rings (SSSR count). The summed E-state index contributed by atoms with van der Waals surface area (Å²) in [6.07, 6.45) is 0.942. The lowest BCUT2D eigenvalue weighted by atomic mass is 10.1. The van der Waals surface area contributed by atoms with Crippen molar-refractivity contribution in [3.63, 3.8) is 0 Å². The van der Waals surface area contributed by atoms with Crippen LogP contribution in [0, 0.1) is 0 Å². The lowest BCUT2D eigenvalue weighted by Crippen LogP contribution is -2.42. The fraction of sp³-hybridized carbons (Fsp3) is 0.316. The van der Waals surface area contributed by atoms with Gasteiger partial charge in [-0.2, -0.15) is 4.31 Å². The van der Waals surface area contributed by atoms with Crippen molar-refractivity contribution >= 4 is 15.9 Å². The van der Waals surface area contributed by atoms with Gasteiger partial charge in [-0.3, -0.25) is 4.79 Å². The standard InChI is InChI=1S/C19H24N2O4S/c22-15-7-13-20-19(23)16-21(14-12-17-8-3-1-4-9-17)26(24,25)18-10-5-2-6-11-18/h1-6,8-11,22H,7,12-16H2,(H,20,23). The lowest BCUT2D eigenvalue weighted by Gasteiger charge is -2.22. The van der Waals surface area contributed by atoms with Crippen LogP contribution in [0.5, 0.6) is 0 Å². The number of amides is 1. The number of aliphatic hydroxyl groups excluding tert-OH is 1. The molecule has 0 saturated carbocycles. The highest BCUT2D eigenvalue weighted by molar-refractivity contribution is 7.89. The molecule has 2 aromatic carbocycles. The second-order valence-corrected chi connectivity index (χ2v) is 7.75. The molecule has 0 aromatic heterocycles. The second kappa shape index (κ2) is 10.1. The molecule has 0 radical (unpaired) electrons. The minimum atomic E-state index is -3.77. The lowest BCUT2D eigenvalue weighted by molar-refractivity contribution is -0.121. The van der Waals surface area contributed by atoms with Crippen LogP contribution in [-0.4, -0.2) is 50.0 Å². The number of hydrogen-bond acceptors (Lipinski definition) is 4. The van der Waals surface area contributed by atoms with Crippen molar-refractivity contribution in [2.45, 2.75) is 17.7 Å². The fourth-order valence-corrected chi connectivity index (χ4v) is 3.87. The van der Waals surface area contributed by atoms with Crippen molar-refractivity contribution in [1.29, 1.82) is 0 Å². The number of aliphatic hydroxyl groups is 1. The normalized spacial score (nSPS) is 11.5. The van der Waals surface area contributed by atoms with Crippen molar-refractivity contribution in [3.05, 3.63) is 66.2 Å². The highest BCUT2D eigenvalue weighted by atomic mass is 32.2. The van der Waals surface area contributed by atoms with Crippen LogP contribution >= 0.6 is 0 Å². The molecule has 0 spiro atoms. The summed E-state index contributed by atoms with van der Waals surface area (Å²) in [7, 11) is -3.77. The summed E-state index contributed by atoms with van der Waals surface area (Å²) in [6.45, 7) is 0.234. The van der Waals surface area contributed by atoms with Gasteiger partial charge < -0.3 is 10.4 Å². The van der Waals surface area contributed by atoms with Crippen LogP contribution in [-0.2, 0) is 21.2 Å². The molecule has 0 bridgehead atoms. The van der Waals surface area contributed by atoms with Crippen LogP contribution in [0.1, 0.15) is 12.0 Å². The van der Waals surface area contributed by atoms with Crippen molar-refractivity contribution in [1.82, 2.24) is 9.62 Å². The summed E-state index contributed by atoms with van der Waals surface area (Å²) in [5.74, 6) is -0.383. The summed E-state index contributed by atoms with van der Waals surface area (Å²) in [6, 6.07) is 17.6. The van der Waals surface area contributed by atoms with E-state index in [9.17, 15) is 13.2 Å². The zero-order valence-electron chi connectivity index (χ0n) is 14.5. The molecule has 2 aromatic rings. The molecule has 0 aliphatic heterocycles. The molecule has 0 unspecified atom stereocenters. The van der Waals surface area contributed by atoms with Crippen LogP contribution in [0.25, 0.3) is 0 Å². The van der Waals surface area contributed by atoms with Gasteiger partial charge in [0.05, 0.1) is 11.4 Å². The molecule has 0 saturated heterocycles. The van der Waals surface area contributed by atoms with Crippen LogP contribution < -0.4 is 5.32 Å². The maximum absolute atomic E-state index is 12.9. The highest BCUT2D eigenvalue weighted by Gasteiger charge is 2.26. The summed E-state index contributed by atoms with van der Waals surface area (Å²) in [5.41, 5.74) is 1.00. The third-order valence-corrected chi connectivity index (χ3v) is 5.71. The molecule has 26 heavy (non-hydrogen) atoms. The van der Waals surface area contributed by atoms with Gasteiger partial charge in [-0.15, -0.1) is 0 Å². The number of sulfonamides is 1. The Kier molecular flexibility index (Phi) is 7.77. The van der Waals surface area contributed by atoms with Crippen LogP contribution in [0.4, 0.5) is 0 Å². The van der Waals surface area contributed by atoms with Crippen LogP contribution in [0.3, 0.4) is 0 Å². The van der Waals surface area contributed by atoms with Gasteiger partial charge in [-0.05, 0) is 30.5 Å². The Balaban J connectivity index is 2.13. The number of rotatable bonds is 10. The van der Waals surface area contributed by atoms with Crippen LogP contribution in [0.15, 0.2) is 65.6 Å². The smallest absolute Gasteiger partial charge is 0.243 e. The Morgan fingerprint density at radius 2 is 1.62 bits per heavy atom. The molecule has 0 fully saturated rings. The predicted molar refractivity (Wildman–Crippen MR) is 100 cm³/mol. The Morgan fingerprint density at radius 1 is 1.00 bits per heavy atom. The largest absolute Gasteiger partial charge is 0.396 e. The average Bonchev–Trinajstić information content (AvgIpc) is 2.66. The van der Waals surface area contributed by atoms with E-state index in [1.165, 1.54) is 16.4 Å². The first-order chi connectivity index (χ1) is 12.5. The van der Waals surface area contributed by atoms with E-state index in [0.717, 1.165) is 5.56 Å². The molecule has 0 heterocycles. The SMILES string of the molecule is O=C(CN(CCc1ccccc1)S(=O)(=O)c1ccccc1)NCCCO. The maximum atomic E-state index is 12.9. The Morgan fingerprint density at radius 3 is 2.23 bits per heavy atom. The third-order valence-electron chi connectivity index (χ3n) is 3.85. The number of hydrogen-bond donors (Lipinski definition) is 2. The Hall–Kier alpha value is -2.22. The van der Waals surface area contributed by atoms with E-state index in [1.54, 1.807) is 18.2 Å². The summed E-state index contributed by atoms with van der Waals surface area (Å²) >= 11 is 0. The summed E-state index contributed by atoms with van der Waals surface area (Å²) < 4.78 is 27.0. The van der Waals surface area contributed by atoms with Gasteiger partial charge in [0.15, 0.2) is 0 Å². The Labute approximate surface area is 154 Å². The zero-order chi connectivity index (χ0) is 18.8. The quantitative estimate of drug-likeness (QED) is 0.614. The first kappa shape index (κ1) is 20.1. The monoisotopic (exact) mass is 376 g/mol. The van der Waals surface area contributed by atoms with Gasteiger partial charge >= 0.3 is 0 Å². The number of carbonyl (C=O) groups is 1. The molecule has 140 valence electrons. The van der Waals surface area contributed by atoms with E-state index in [4.69, 9.17) is 5.11 Å². The van der Waals surface area contributed by atoms with Gasteiger partial charge in [0.1, 0.15) is 0 Å². The molecule has 6 nitrogen and oxygen atoms in total. The first-order valence-electron chi connectivity index (χ1n) is 8.50. The topological polar surface area (TPSA) is 86.7 Å². The second-order valence-electron chi connectivity index (χ2n) is 5.81. The van der Waals surface area contributed by atoms with Gasteiger partial charge in [-0.1, -0.05) is 48.5 Å². The molecule has 0 aliphatic rings. The van der Waals surface area contributed by atoms with Crippen molar-refractivity contribution < 1.29 is 18.3 Å². The van der Waals surface area contributed by atoms with Crippen molar-refractivity contribution in [2.75, 3.05) is 26.2 Å². The summed E-state index contributed by atoms with van der Waals surface area (Å²) in [5, 5.41) is 11.4. The molecule has 0 aliphatic carbocycles. The van der Waals surface area contributed by atoms with Gasteiger partial charge in [0.2, 0.25) is 15.9 Å². The molecular formula is C19H24N2O4S. The number of benzene rings is 2. The zero-order valence-corrected chi connectivity index (χ0v) is 15.4. The van der Waals surface area contributed by atoms with E-state index < -0.39 is 10.0 Å². The molecule has 2 N–H and O–H groups in total. The molecule has 1 amide bonds. The molecular weight excluding hydrogens is 352 g/mol. The third kappa shape index (κ3) is 5.94. The first-order valence-corrected chi connectivity index (χ1v) is 9.94. The van der Waals surface area contributed by atoms with E-state index in [-0.39, 0.29) is 30.5 Å². The van der Waals surface area contributed by atoms with Gasteiger partial charge in [0.25, 0.3) is 0 Å². The van der Waals surface area contributed by atoms with Gasteiger partial charge in [0, 0.05) is 19.7 Å². The van der Waals surface area contributed by atoms with Crippen molar-refractivity contribution in [2.24, 2.45) is 0 Å². The number of nitrogens with zero attached hydrogens (tertiary/aromatic N) is 1. The fourth-order valence-electron chi connectivity index (χ4n) is 2.45. The molecule has 7 heteroatoms. The number of nitrogens with one attached hydrogen (secondary N) is 1. The minimum absolute atomic E-state index is 0.0275. The highest BCUT2D eigenvalue weighted by Crippen LogP contribution is 2.16. The van der Waals surface area contributed by atoms with Crippen LogP contribution in [0.2, 0.25) is 0 Å². The van der Waals surface area contributed by atoms with E-state index >= 15 is 0 Å². The average molecular weight is 376 g/mol. The summed E-state index contributed by atoms with van der Waals surface area (Å²) in [4.78, 5) is 12.3. The van der Waals surface area contributed by atoms with E-state index in [2.05, 4.69) is 5.32 Å². The Bertz CT molecular complexity index is 780. The van der Waals surface area contributed by atoms with Crippen molar-refractivity contribution in [3.8, 4) is 0 Å². The minimum Gasteiger partial charge on any atom is -0.396 e. The molecule has 0 atom stereocenters.